The molecule has 3 heterocycles. The zero-order valence-corrected chi connectivity index (χ0v) is 21.7. The number of halogens is 1. The zero-order valence-electron chi connectivity index (χ0n) is 20.8. The molecule has 0 aliphatic carbocycles. The van der Waals surface area contributed by atoms with Crippen LogP contribution < -0.4 is 0 Å². The molecule has 0 unspecified atom stereocenters. The standard InChI is InChI=1S/C25H30FN7O2S/c1-17(2)14-31-9-10-32(36(34,35)25-29-27-16-30(25)4)15-24(31)22-12-19-13-28-33(23(19)11-18(22)3)21-7-5-20(26)6-8-21/h5-8,11-13,16-17,24H,9-10,14-15H2,1-4H3/t24-/m0/s1. The molecular weight excluding hydrogens is 481 g/mol. The van der Waals surface area contributed by atoms with E-state index in [-0.39, 0.29) is 17.0 Å². The average Bonchev–Trinajstić information content (AvgIpc) is 3.45. The number of aryl methyl sites for hydroxylation is 2. The number of hydrogen-bond donors (Lipinski definition) is 0. The first-order chi connectivity index (χ1) is 17.1. The number of fused-ring (bicyclic) bond motifs is 1. The van der Waals surface area contributed by atoms with E-state index < -0.39 is 10.0 Å². The monoisotopic (exact) mass is 511 g/mol. The highest BCUT2D eigenvalue weighted by molar-refractivity contribution is 7.89. The number of hydrogen-bond acceptors (Lipinski definition) is 6. The fraction of sp³-hybridized carbons (Fsp3) is 0.400. The molecule has 0 bridgehead atoms. The highest BCUT2D eigenvalue weighted by Crippen LogP contribution is 2.33. The Morgan fingerprint density at radius 2 is 1.89 bits per heavy atom. The molecule has 190 valence electrons. The lowest BCUT2D eigenvalue weighted by Gasteiger charge is -2.42. The van der Waals surface area contributed by atoms with Gasteiger partial charge in [-0.15, -0.1) is 10.2 Å². The van der Waals surface area contributed by atoms with E-state index in [1.807, 2.05) is 6.92 Å². The van der Waals surface area contributed by atoms with Crippen LogP contribution in [0, 0.1) is 18.7 Å². The highest BCUT2D eigenvalue weighted by Gasteiger charge is 2.37. The Hall–Kier alpha value is -3.15. The molecule has 2 aromatic carbocycles. The molecule has 0 amide bonds. The molecule has 1 aliphatic heterocycles. The Balaban J connectivity index is 1.54. The number of piperazine rings is 1. The molecule has 9 nitrogen and oxygen atoms in total. The summed E-state index contributed by atoms with van der Waals surface area (Å²) < 4.78 is 45.0. The maximum atomic E-state index is 13.4. The van der Waals surface area contributed by atoms with Crippen LogP contribution in [-0.2, 0) is 17.1 Å². The quantitative estimate of drug-likeness (QED) is 0.395. The zero-order chi connectivity index (χ0) is 25.6. The third kappa shape index (κ3) is 4.42. The van der Waals surface area contributed by atoms with Crippen LogP contribution in [0.5, 0.6) is 0 Å². The van der Waals surface area contributed by atoms with Crippen molar-refractivity contribution in [2.45, 2.75) is 32.0 Å². The third-order valence-corrected chi connectivity index (χ3v) is 8.52. The molecule has 2 aromatic heterocycles. The van der Waals surface area contributed by atoms with E-state index in [0.717, 1.165) is 34.3 Å². The van der Waals surface area contributed by atoms with Gasteiger partial charge in [0.1, 0.15) is 12.1 Å². The summed E-state index contributed by atoms with van der Waals surface area (Å²) in [6, 6.07) is 10.3. The topological polar surface area (TPSA) is 89.1 Å². The Bertz CT molecular complexity index is 1490. The summed E-state index contributed by atoms with van der Waals surface area (Å²) in [6.45, 7) is 8.56. The van der Waals surface area contributed by atoms with Gasteiger partial charge in [0.25, 0.3) is 15.2 Å². The summed E-state index contributed by atoms with van der Waals surface area (Å²) in [5.41, 5.74) is 3.80. The molecule has 1 fully saturated rings. The summed E-state index contributed by atoms with van der Waals surface area (Å²) in [5, 5.41) is 13.1. The SMILES string of the molecule is Cc1cc2c(cnn2-c2ccc(F)cc2)cc1[C@@H]1CN(S(=O)(=O)c2nncn2C)CCN1CC(C)C. The summed E-state index contributed by atoms with van der Waals surface area (Å²) in [4.78, 5) is 2.37. The van der Waals surface area contributed by atoms with Gasteiger partial charge < -0.3 is 4.57 Å². The molecule has 36 heavy (non-hydrogen) atoms. The van der Waals surface area contributed by atoms with E-state index >= 15 is 0 Å². The van der Waals surface area contributed by atoms with Crippen molar-refractivity contribution in [3.8, 4) is 5.69 Å². The van der Waals surface area contributed by atoms with Crippen molar-refractivity contribution in [3.05, 3.63) is 65.9 Å². The Morgan fingerprint density at radius 3 is 2.56 bits per heavy atom. The van der Waals surface area contributed by atoms with Crippen LogP contribution in [-0.4, -0.2) is 68.3 Å². The van der Waals surface area contributed by atoms with Gasteiger partial charge in [0.15, 0.2) is 0 Å². The molecule has 0 radical (unpaired) electrons. The maximum Gasteiger partial charge on any atom is 0.278 e. The summed E-state index contributed by atoms with van der Waals surface area (Å²) in [6.07, 6.45) is 3.20. The van der Waals surface area contributed by atoms with E-state index in [0.29, 0.717) is 25.6 Å². The first-order valence-corrected chi connectivity index (χ1v) is 13.4. The van der Waals surface area contributed by atoms with E-state index in [2.05, 4.69) is 46.2 Å². The van der Waals surface area contributed by atoms with Crippen molar-refractivity contribution in [1.82, 2.24) is 33.8 Å². The molecular formula is C25H30FN7O2S. The van der Waals surface area contributed by atoms with Gasteiger partial charge in [-0.2, -0.15) is 9.40 Å². The van der Waals surface area contributed by atoms with E-state index in [9.17, 15) is 12.8 Å². The highest BCUT2D eigenvalue weighted by atomic mass is 32.2. The molecule has 0 saturated carbocycles. The van der Waals surface area contributed by atoms with Gasteiger partial charge in [0.05, 0.1) is 17.4 Å². The van der Waals surface area contributed by atoms with E-state index in [1.54, 1.807) is 30.1 Å². The van der Waals surface area contributed by atoms with Crippen LogP contribution in [0.4, 0.5) is 4.39 Å². The fourth-order valence-electron chi connectivity index (χ4n) is 4.96. The van der Waals surface area contributed by atoms with Crippen LogP contribution >= 0.6 is 0 Å². The molecule has 1 aliphatic rings. The minimum Gasteiger partial charge on any atom is -0.306 e. The number of nitrogens with zero attached hydrogens (tertiary/aromatic N) is 7. The smallest absolute Gasteiger partial charge is 0.278 e. The third-order valence-electron chi connectivity index (χ3n) is 6.68. The van der Waals surface area contributed by atoms with Crippen LogP contribution in [0.15, 0.2) is 54.1 Å². The lowest BCUT2D eigenvalue weighted by Crippen LogP contribution is -2.51. The minimum absolute atomic E-state index is 0.0497. The van der Waals surface area contributed by atoms with E-state index in [1.165, 1.54) is 27.3 Å². The van der Waals surface area contributed by atoms with Crippen LogP contribution in [0.1, 0.15) is 31.0 Å². The van der Waals surface area contributed by atoms with E-state index in [4.69, 9.17) is 0 Å². The van der Waals surface area contributed by atoms with Crippen LogP contribution in [0.2, 0.25) is 0 Å². The molecule has 5 rings (SSSR count). The Morgan fingerprint density at radius 1 is 1.14 bits per heavy atom. The second kappa shape index (κ2) is 9.38. The van der Waals surface area contributed by atoms with Gasteiger partial charge in [-0.25, -0.2) is 17.5 Å². The predicted octanol–water partition coefficient (Wildman–Crippen LogP) is 3.31. The Labute approximate surface area is 210 Å². The van der Waals surface area contributed by atoms with Crippen molar-refractivity contribution in [2.24, 2.45) is 13.0 Å². The number of aromatic nitrogens is 5. The number of sulfonamides is 1. The predicted molar refractivity (Wildman–Crippen MR) is 135 cm³/mol. The first kappa shape index (κ1) is 24.5. The number of benzene rings is 2. The van der Waals surface area contributed by atoms with Crippen molar-refractivity contribution in [1.29, 1.82) is 0 Å². The van der Waals surface area contributed by atoms with Gasteiger partial charge in [0, 0.05) is 44.7 Å². The summed E-state index contributed by atoms with van der Waals surface area (Å²) >= 11 is 0. The Kier molecular flexibility index (Phi) is 6.39. The second-order valence-electron chi connectivity index (χ2n) is 9.79. The van der Waals surface area contributed by atoms with Gasteiger partial charge in [-0.1, -0.05) is 13.8 Å². The first-order valence-electron chi connectivity index (χ1n) is 12.0. The molecule has 1 atom stereocenters. The summed E-state index contributed by atoms with van der Waals surface area (Å²) in [5.74, 6) is 0.136. The van der Waals surface area contributed by atoms with Crippen molar-refractivity contribution >= 4 is 20.9 Å². The van der Waals surface area contributed by atoms with Crippen LogP contribution in [0.25, 0.3) is 16.6 Å². The molecule has 11 heteroatoms. The minimum atomic E-state index is -3.78. The van der Waals surface area contributed by atoms with Gasteiger partial charge >= 0.3 is 0 Å². The van der Waals surface area contributed by atoms with Gasteiger partial charge in [-0.05, 0) is 60.4 Å². The van der Waals surface area contributed by atoms with Gasteiger partial charge in [0.2, 0.25) is 0 Å². The molecule has 0 spiro atoms. The maximum absolute atomic E-state index is 13.4. The average molecular weight is 512 g/mol. The van der Waals surface area contributed by atoms with Gasteiger partial charge in [-0.3, -0.25) is 4.90 Å². The molecule has 0 N–H and O–H groups in total. The second-order valence-corrected chi connectivity index (χ2v) is 11.6. The van der Waals surface area contributed by atoms with Crippen molar-refractivity contribution in [2.75, 3.05) is 26.2 Å². The largest absolute Gasteiger partial charge is 0.306 e. The van der Waals surface area contributed by atoms with Crippen molar-refractivity contribution in [3.63, 3.8) is 0 Å². The molecule has 4 aromatic rings. The lowest BCUT2D eigenvalue weighted by atomic mass is 9.96. The molecule has 1 saturated heterocycles. The number of rotatable bonds is 6. The summed E-state index contributed by atoms with van der Waals surface area (Å²) in [7, 11) is -2.15. The van der Waals surface area contributed by atoms with Crippen LogP contribution in [0.3, 0.4) is 0 Å². The lowest BCUT2D eigenvalue weighted by molar-refractivity contribution is 0.104. The fourth-order valence-corrected chi connectivity index (χ4v) is 6.41. The van der Waals surface area contributed by atoms with Crippen molar-refractivity contribution < 1.29 is 12.8 Å². The normalized spacial score (nSPS) is 17.9.